The first kappa shape index (κ1) is 14.9. The number of aliphatic hydroxyl groups is 1. The second kappa shape index (κ2) is 7.34. The molecule has 0 radical (unpaired) electrons. The predicted octanol–water partition coefficient (Wildman–Crippen LogP) is 1.99. The molecule has 1 saturated heterocycles. The summed E-state index contributed by atoms with van der Waals surface area (Å²) in [4.78, 5) is 2.59. The van der Waals surface area contributed by atoms with E-state index in [1.165, 1.54) is 45.3 Å². The van der Waals surface area contributed by atoms with Gasteiger partial charge < -0.3 is 15.7 Å². The minimum absolute atomic E-state index is 0.0915. The Morgan fingerprint density at radius 3 is 2.76 bits per heavy atom. The highest BCUT2D eigenvalue weighted by Crippen LogP contribution is 2.17. The van der Waals surface area contributed by atoms with Gasteiger partial charge in [0, 0.05) is 5.54 Å². The fourth-order valence-corrected chi connectivity index (χ4v) is 2.49. The third kappa shape index (κ3) is 6.39. The van der Waals surface area contributed by atoms with Gasteiger partial charge in [-0.3, -0.25) is 0 Å². The summed E-state index contributed by atoms with van der Waals surface area (Å²) in [6.07, 6.45) is 7.36. The number of unbranched alkanes of at least 4 members (excludes halogenated alkanes) is 1. The van der Waals surface area contributed by atoms with Crippen molar-refractivity contribution in [2.24, 2.45) is 11.7 Å². The molecule has 0 aliphatic carbocycles. The molecule has 102 valence electrons. The maximum atomic E-state index is 9.07. The molecule has 3 nitrogen and oxygen atoms in total. The lowest BCUT2D eigenvalue weighted by molar-refractivity contribution is 0.194. The topological polar surface area (TPSA) is 49.5 Å². The van der Waals surface area contributed by atoms with Crippen LogP contribution in [0, 0.1) is 5.92 Å². The molecule has 0 aromatic heterocycles. The summed E-state index contributed by atoms with van der Waals surface area (Å²) in [6.45, 7) is 8.12. The van der Waals surface area contributed by atoms with Gasteiger partial charge in [-0.15, -0.1) is 0 Å². The van der Waals surface area contributed by atoms with E-state index in [2.05, 4.69) is 11.8 Å². The molecule has 2 atom stereocenters. The number of hydrogen-bond acceptors (Lipinski definition) is 3. The Balaban J connectivity index is 2.10. The lowest BCUT2D eigenvalue weighted by Gasteiger charge is -2.23. The smallest absolute Gasteiger partial charge is 0.0608 e. The summed E-state index contributed by atoms with van der Waals surface area (Å²) in [5, 5.41) is 9.07. The summed E-state index contributed by atoms with van der Waals surface area (Å²) in [7, 11) is 0. The standard InChI is InChI=1S/C14H30N2O/c1-13-6-5-10-16(11-7-13)9-4-3-8-14(2,15)12-17/h13,17H,3-12,15H2,1-2H3. The Labute approximate surface area is 106 Å². The van der Waals surface area contributed by atoms with Crippen molar-refractivity contribution in [1.29, 1.82) is 0 Å². The molecule has 0 amide bonds. The van der Waals surface area contributed by atoms with E-state index in [0.717, 1.165) is 18.8 Å². The van der Waals surface area contributed by atoms with Crippen LogP contribution >= 0.6 is 0 Å². The number of likely N-dealkylation sites (tertiary alicyclic amines) is 1. The molecule has 1 heterocycles. The van der Waals surface area contributed by atoms with Crippen LogP contribution in [0.2, 0.25) is 0 Å². The molecule has 0 spiro atoms. The van der Waals surface area contributed by atoms with E-state index in [-0.39, 0.29) is 12.1 Å². The van der Waals surface area contributed by atoms with Crippen LogP contribution < -0.4 is 5.73 Å². The van der Waals surface area contributed by atoms with E-state index in [4.69, 9.17) is 10.8 Å². The van der Waals surface area contributed by atoms with Crippen LogP contribution in [0.3, 0.4) is 0 Å². The number of aliphatic hydroxyl groups excluding tert-OH is 1. The quantitative estimate of drug-likeness (QED) is 0.700. The fraction of sp³-hybridized carbons (Fsp3) is 1.00. The summed E-state index contributed by atoms with van der Waals surface area (Å²) < 4.78 is 0. The number of hydrogen-bond donors (Lipinski definition) is 2. The highest BCUT2D eigenvalue weighted by Gasteiger charge is 2.17. The predicted molar refractivity (Wildman–Crippen MR) is 73.0 cm³/mol. The number of rotatable bonds is 6. The molecule has 3 N–H and O–H groups in total. The van der Waals surface area contributed by atoms with Crippen molar-refractivity contribution in [2.75, 3.05) is 26.2 Å². The van der Waals surface area contributed by atoms with Crippen molar-refractivity contribution in [3.8, 4) is 0 Å². The maximum absolute atomic E-state index is 9.07. The van der Waals surface area contributed by atoms with E-state index in [1.54, 1.807) is 0 Å². The minimum Gasteiger partial charge on any atom is -0.394 e. The molecule has 1 rings (SSSR count). The van der Waals surface area contributed by atoms with E-state index < -0.39 is 0 Å². The zero-order chi connectivity index (χ0) is 12.7. The van der Waals surface area contributed by atoms with Gasteiger partial charge in [-0.2, -0.15) is 0 Å². The minimum atomic E-state index is -0.382. The average molecular weight is 242 g/mol. The van der Waals surface area contributed by atoms with Crippen molar-refractivity contribution in [3.63, 3.8) is 0 Å². The molecule has 0 bridgehead atoms. The second-order valence-electron chi connectivity index (χ2n) is 6.15. The molecule has 3 heteroatoms. The van der Waals surface area contributed by atoms with Crippen LogP contribution in [0.15, 0.2) is 0 Å². The molecule has 0 aromatic carbocycles. The van der Waals surface area contributed by atoms with Crippen LogP contribution in [0.25, 0.3) is 0 Å². The highest BCUT2D eigenvalue weighted by molar-refractivity contribution is 4.77. The monoisotopic (exact) mass is 242 g/mol. The average Bonchev–Trinajstić information content (AvgIpc) is 2.50. The van der Waals surface area contributed by atoms with Crippen LogP contribution in [-0.2, 0) is 0 Å². The van der Waals surface area contributed by atoms with Crippen LogP contribution in [-0.4, -0.2) is 41.8 Å². The Kier molecular flexibility index (Phi) is 6.45. The molecule has 17 heavy (non-hydrogen) atoms. The van der Waals surface area contributed by atoms with E-state index in [9.17, 15) is 0 Å². The first-order valence-electron chi connectivity index (χ1n) is 7.15. The first-order chi connectivity index (χ1) is 8.03. The largest absolute Gasteiger partial charge is 0.394 e. The van der Waals surface area contributed by atoms with Gasteiger partial charge in [-0.05, 0) is 64.6 Å². The normalized spacial score (nSPS) is 26.5. The molecule has 2 unspecified atom stereocenters. The Hall–Kier alpha value is -0.120. The van der Waals surface area contributed by atoms with Gasteiger partial charge in [0.1, 0.15) is 0 Å². The molecular formula is C14H30N2O. The lowest BCUT2D eigenvalue weighted by Crippen LogP contribution is -2.40. The first-order valence-corrected chi connectivity index (χ1v) is 7.15. The lowest BCUT2D eigenvalue weighted by atomic mass is 9.97. The SMILES string of the molecule is CC1CCCN(CCCCC(C)(N)CO)CC1. The fourth-order valence-electron chi connectivity index (χ4n) is 2.49. The van der Waals surface area contributed by atoms with Crippen molar-refractivity contribution in [3.05, 3.63) is 0 Å². The molecule has 1 aliphatic heterocycles. The van der Waals surface area contributed by atoms with Crippen LogP contribution in [0.4, 0.5) is 0 Å². The number of nitrogens with zero attached hydrogens (tertiary/aromatic N) is 1. The van der Waals surface area contributed by atoms with Crippen molar-refractivity contribution in [2.45, 2.75) is 57.9 Å². The van der Waals surface area contributed by atoms with E-state index in [1.807, 2.05) is 6.92 Å². The summed E-state index contributed by atoms with van der Waals surface area (Å²) in [5.41, 5.74) is 5.53. The van der Waals surface area contributed by atoms with Gasteiger partial charge in [0.2, 0.25) is 0 Å². The maximum Gasteiger partial charge on any atom is 0.0608 e. The third-order valence-electron chi connectivity index (χ3n) is 3.94. The van der Waals surface area contributed by atoms with Crippen molar-refractivity contribution < 1.29 is 5.11 Å². The van der Waals surface area contributed by atoms with E-state index >= 15 is 0 Å². The van der Waals surface area contributed by atoms with E-state index in [0.29, 0.717) is 0 Å². The summed E-state index contributed by atoms with van der Waals surface area (Å²) in [5.74, 6) is 0.904. The number of nitrogens with two attached hydrogens (primary N) is 1. The highest BCUT2D eigenvalue weighted by atomic mass is 16.3. The molecular weight excluding hydrogens is 212 g/mol. The third-order valence-corrected chi connectivity index (χ3v) is 3.94. The Morgan fingerprint density at radius 2 is 2.06 bits per heavy atom. The van der Waals surface area contributed by atoms with Crippen molar-refractivity contribution >= 4 is 0 Å². The zero-order valence-corrected chi connectivity index (χ0v) is 11.6. The molecule has 0 saturated carbocycles. The van der Waals surface area contributed by atoms with Gasteiger partial charge in [0.05, 0.1) is 6.61 Å². The van der Waals surface area contributed by atoms with Gasteiger partial charge >= 0.3 is 0 Å². The van der Waals surface area contributed by atoms with Crippen LogP contribution in [0.1, 0.15) is 52.4 Å². The Morgan fingerprint density at radius 1 is 1.29 bits per heavy atom. The van der Waals surface area contributed by atoms with Gasteiger partial charge in [0.25, 0.3) is 0 Å². The summed E-state index contributed by atoms with van der Waals surface area (Å²) >= 11 is 0. The molecule has 0 aromatic rings. The second-order valence-corrected chi connectivity index (χ2v) is 6.15. The zero-order valence-electron chi connectivity index (χ0n) is 11.6. The molecule has 1 fully saturated rings. The molecule has 1 aliphatic rings. The van der Waals surface area contributed by atoms with Gasteiger partial charge in [-0.1, -0.05) is 13.3 Å². The van der Waals surface area contributed by atoms with Gasteiger partial charge in [-0.25, -0.2) is 0 Å². The van der Waals surface area contributed by atoms with Crippen LogP contribution in [0.5, 0.6) is 0 Å². The van der Waals surface area contributed by atoms with Gasteiger partial charge in [0.15, 0.2) is 0 Å². The Bertz CT molecular complexity index is 206. The summed E-state index contributed by atoms with van der Waals surface area (Å²) in [6, 6.07) is 0. The van der Waals surface area contributed by atoms with Crippen molar-refractivity contribution in [1.82, 2.24) is 4.90 Å².